The molecule has 0 aromatic heterocycles. The summed E-state index contributed by atoms with van der Waals surface area (Å²) in [6.45, 7) is 5.93. The standard InChI is InChI=1S/C13H18O/c1-11(2)13(14-3)10-9-12-7-5-4-6-8-12/h4-8,13H,1,9-10H2,2-3H3. The molecular weight excluding hydrogens is 172 g/mol. The first-order chi connectivity index (χ1) is 6.74. The lowest BCUT2D eigenvalue weighted by molar-refractivity contribution is 0.125. The lowest BCUT2D eigenvalue weighted by Crippen LogP contribution is -2.12. The first-order valence-electron chi connectivity index (χ1n) is 4.96. The van der Waals surface area contributed by atoms with Crippen LogP contribution in [-0.4, -0.2) is 13.2 Å². The smallest absolute Gasteiger partial charge is 0.0779 e. The number of ether oxygens (including phenoxy) is 1. The summed E-state index contributed by atoms with van der Waals surface area (Å²) >= 11 is 0. The number of rotatable bonds is 5. The average Bonchev–Trinajstić information content (AvgIpc) is 2.20. The van der Waals surface area contributed by atoms with Gasteiger partial charge in [-0.15, -0.1) is 0 Å². The van der Waals surface area contributed by atoms with Crippen LogP contribution in [0.15, 0.2) is 42.5 Å². The second-order valence-corrected chi connectivity index (χ2v) is 3.59. The maximum atomic E-state index is 5.33. The Bertz CT molecular complexity index is 277. The molecule has 0 heterocycles. The van der Waals surface area contributed by atoms with Gasteiger partial charge in [-0.2, -0.15) is 0 Å². The molecule has 1 aromatic carbocycles. The Balaban J connectivity index is 2.44. The predicted molar refractivity (Wildman–Crippen MR) is 60.4 cm³/mol. The monoisotopic (exact) mass is 190 g/mol. The quantitative estimate of drug-likeness (QED) is 0.648. The van der Waals surface area contributed by atoms with E-state index in [1.54, 1.807) is 7.11 Å². The molecule has 0 spiro atoms. The maximum absolute atomic E-state index is 5.33. The number of methoxy groups -OCH3 is 1. The van der Waals surface area contributed by atoms with Crippen LogP contribution in [0.25, 0.3) is 0 Å². The van der Waals surface area contributed by atoms with Crippen molar-refractivity contribution in [1.82, 2.24) is 0 Å². The molecular formula is C13H18O. The van der Waals surface area contributed by atoms with Crippen LogP contribution >= 0.6 is 0 Å². The molecule has 14 heavy (non-hydrogen) atoms. The predicted octanol–water partition coefficient (Wildman–Crippen LogP) is 3.21. The topological polar surface area (TPSA) is 9.23 Å². The molecule has 1 unspecified atom stereocenters. The van der Waals surface area contributed by atoms with Gasteiger partial charge in [0.25, 0.3) is 0 Å². The molecule has 0 aliphatic carbocycles. The second-order valence-electron chi connectivity index (χ2n) is 3.59. The molecule has 0 saturated heterocycles. The zero-order valence-electron chi connectivity index (χ0n) is 8.99. The zero-order chi connectivity index (χ0) is 10.4. The number of hydrogen-bond acceptors (Lipinski definition) is 1. The lowest BCUT2D eigenvalue weighted by Gasteiger charge is -2.14. The fourth-order valence-electron chi connectivity index (χ4n) is 1.51. The van der Waals surface area contributed by atoms with Gasteiger partial charge in [0.2, 0.25) is 0 Å². The normalized spacial score (nSPS) is 12.4. The van der Waals surface area contributed by atoms with Gasteiger partial charge in [0, 0.05) is 7.11 Å². The summed E-state index contributed by atoms with van der Waals surface area (Å²) in [5.74, 6) is 0. The third-order valence-electron chi connectivity index (χ3n) is 2.37. The van der Waals surface area contributed by atoms with Crippen molar-refractivity contribution >= 4 is 0 Å². The van der Waals surface area contributed by atoms with Gasteiger partial charge in [0.15, 0.2) is 0 Å². The van der Waals surface area contributed by atoms with Gasteiger partial charge >= 0.3 is 0 Å². The Morgan fingerprint density at radius 2 is 2.00 bits per heavy atom. The van der Waals surface area contributed by atoms with Gasteiger partial charge < -0.3 is 4.74 Å². The molecule has 0 N–H and O–H groups in total. The number of benzene rings is 1. The van der Waals surface area contributed by atoms with Crippen LogP contribution in [0, 0.1) is 0 Å². The maximum Gasteiger partial charge on any atom is 0.0779 e. The molecule has 0 fully saturated rings. The van der Waals surface area contributed by atoms with Crippen molar-refractivity contribution in [2.45, 2.75) is 25.9 Å². The second kappa shape index (κ2) is 5.61. The van der Waals surface area contributed by atoms with Crippen molar-refractivity contribution in [2.24, 2.45) is 0 Å². The first kappa shape index (κ1) is 11.0. The molecule has 1 heteroatoms. The first-order valence-corrected chi connectivity index (χ1v) is 4.96. The summed E-state index contributed by atoms with van der Waals surface area (Å²) in [4.78, 5) is 0. The largest absolute Gasteiger partial charge is 0.377 e. The van der Waals surface area contributed by atoms with E-state index in [9.17, 15) is 0 Å². The van der Waals surface area contributed by atoms with Crippen molar-refractivity contribution < 1.29 is 4.74 Å². The van der Waals surface area contributed by atoms with Crippen LogP contribution in [0.3, 0.4) is 0 Å². The fourth-order valence-corrected chi connectivity index (χ4v) is 1.51. The summed E-state index contributed by atoms with van der Waals surface area (Å²) in [7, 11) is 1.74. The molecule has 1 nitrogen and oxygen atoms in total. The van der Waals surface area contributed by atoms with Crippen molar-refractivity contribution in [3.8, 4) is 0 Å². The van der Waals surface area contributed by atoms with Crippen LogP contribution in [-0.2, 0) is 11.2 Å². The number of aryl methyl sites for hydroxylation is 1. The van der Waals surface area contributed by atoms with Crippen molar-refractivity contribution in [1.29, 1.82) is 0 Å². The van der Waals surface area contributed by atoms with Gasteiger partial charge in [-0.3, -0.25) is 0 Å². The minimum atomic E-state index is 0.190. The SMILES string of the molecule is C=C(C)C(CCc1ccccc1)OC. The van der Waals surface area contributed by atoms with E-state index >= 15 is 0 Å². The molecule has 0 aliphatic rings. The molecule has 0 amide bonds. The van der Waals surface area contributed by atoms with Crippen LogP contribution < -0.4 is 0 Å². The fraction of sp³-hybridized carbons (Fsp3) is 0.385. The van der Waals surface area contributed by atoms with Gasteiger partial charge in [-0.1, -0.05) is 42.5 Å². The molecule has 0 radical (unpaired) electrons. The Morgan fingerprint density at radius 1 is 1.36 bits per heavy atom. The van der Waals surface area contributed by atoms with Crippen molar-refractivity contribution in [2.75, 3.05) is 7.11 Å². The summed E-state index contributed by atoms with van der Waals surface area (Å²) in [5, 5.41) is 0. The van der Waals surface area contributed by atoms with E-state index in [0.717, 1.165) is 18.4 Å². The summed E-state index contributed by atoms with van der Waals surface area (Å²) in [6, 6.07) is 10.5. The minimum absolute atomic E-state index is 0.190. The minimum Gasteiger partial charge on any atom is -0.377 e. The molecule has 1 rings (SSSR count). The Morgan fingerprint density at radius 3 is 2.50 bits per heavy atom. The highest BCUT2D eigenvalue weighted by molar-refractivity contribution is 5.15. The third-order valence-corrected chi connectivity index (χ3v) is 2.37. The number of hydrogen-bond donors (Lipinski definition) is 0. The summed E-state index contributed by atoms with van der Waals surface area (Å²) in [5.41, 5.74) is 2.46. The van der Waals surface area contributed by atoms with Gasteiger partial charge in [0.05, 0.1) is 6.10 Å². The molecule has 0 bridgehead atoms. The Hall–Kier alpha value is -1.08. The lowest BCUT2D eigenvalue weighted by atomic mass is 10.0. The van der Waals surface area contributed by atoms with Crippen molar-refractivity contribution in [3.05, 3.63) is 48.0 Å². The van der Waals surface area contributed by atoms with Crippen LogP contribution in [0.2, 0.25) is 0 Å². The van der Waals surface area contributed by atoms with Gasteiger partial charge in [-0.25, -0.2) is 0 Å². The van der Waals surface area contributed by atoms with E-state index in [4.69, 9.17) is 4.74 Å². The molecule has 0 aliphatic heterocycles. The molecule has 0 saturated carbocycles. The Kier molecular flexibility index (Phi) is 4.41. The highest BCUT2D eigenvalue weighted by Gasteiger charge is 2.07. The van der Waals surface area contributed by atoms with E-state index in [2.05, 4.69) is 30.8 Å². The Labute approximate surface area is 86.4 Å². The third kappa shape index (κ3) is 3.35. The molecule has 1 aromatic rings. The highest BCUT2D eigenvalue weighted by Crippen LogP contribution is 2.11. The van der Waals surface area contributed by atoms with Gasteiger partial charge in [0.1, 0.15) is 0 Å². The summed E-state index contributed by atoms with van der Waals surface area (Å²) in [6.07, 6.45) is 2.25. The van der Waals surface area contributed by atoms with Crippen LogP contribution in [0.1, 0.15) is 18.9 Å². The molecule has 76 valence electrons. The van der Waals surface area contributed by atoms with E-state index in [1.165, 1.54) is 5.56 Å². The zero-order valence-corrected chi connectivity index (χ0v) is 8.99. The average molecular weight is 190 g/mol. The molecule has 1 atom stereocenters. The highest BCUT2D eigenvalue weighted by atomic mass is 16.5. The summed E-state index contributed by atoms with van der Waals surface area (Å²) < 4.78 is 5.33. The van der Waals surface area contributed by atoms with Crippen LogP contribution in [0.5, 0.6) is 0 Å². The van der Waals surface area contributed by atoms with E-state index in [-0.39, 0.29) is 6.10 Å². The van der Waals surface area contributed by atoms with E-state index in [1.807, 2.05) is 13.0 Å². The van der Waals surface area contributed by atoms with Crippen molar-refractivity contribution in [3.63, 3.8) is 0 Å². The van der Waals surface area contributed by atoms with E-state index < -0.39 is 0 Å². The van der Waals surface area contributed by atoms with Crippen LogP contribution in [0.4, 0.5) is 0 Å². The van der Waals surface area contributed by atoms with E-state index in [0.29, 0.717) is 0 Å². The van der Waals surface area contributed by atoms with Gasteiger partial charge in [-0.05, 0) is 25.3 Å².